The average Bonchev–Trinajstić information content (AvgIpc) is 2.82. The van der Waals surface area contributed by atoms with E-state index in [0.717, 1.165) is 29.4 Å². The highest BCUT2D eigenvalue weighted by Crippen LogP contribution is 2.17. The summed E-state index contributed by atoms with van der Waals surface area (Å²) in [5.74, 6) is 0.116. The molecule has 2 aromatic rings. The van der Waals surface area contributed by atoms with Gasteiger partial charge >= 0.3 is 0 Å². The summed E-state index contributed by atoms with van der Waals surface area (Å²) in [6, 6.07) is 7.83. The monoisotopic (exact) mass is 246 g/mol. The molecule has 4 nitrogen and oxygen atoms in total. The predicted molar refractivity (Wildman–Crippen MR) is 72.0 cm³/mol. The van der Waals surface area contributed by atoms with E-state index in [0.29, 0.717) is 13.2 Å². The number of H-pyrrole nitrogens is 1. The van der Waals surface area contributed by atoms with Crippen molar-refractivity contribution in [1.82, 2.24) is 10.3 Å². The van der Waals surface area contributed by atoms with Crippen LogP contribution < -0.4 is 5.32 Å². The van der Waals surface area contributed by atoms with Gasteiger partial charge in [0.25, 0.3) is 0 Å². The molecule has 0 aliphatic carbocycles. The maximum atomic E-state index is 12.0. The lowest BCUT2D eigenvalue weighted by molar-refractivity contribution is 0.0991. The first-order valence-electron chi connectivity index (χ1n) is 6.12. The van der Waals surface area contributed by atoms with Crippen molar-refractivity contribution in [2.75, 3.05) is 26.8 Å². The SMILES string of the molecule is COCCCNCC(=O)c1c[nH]c2ccccc12. The van der Waals surface area contributed by atoms with E-state index in [1.807, 2.05) is 24.3 Å². The zero-order valence-corrected chi connectivity index (χ0v) is 10.5. The number of nitrogens with one attached hydrogen (secondary N) is 2. The van der Waals surface area contributed by atoms with Crippen LogP contribution in [0.5, 0.6) is 0 Å². The van der Waals surface area contributed by atoms with E-state index in [1.165, 1.54) is 0 Å². The topological polar surface area (TPSA) is 54.1 Å². The molecule has 0 aliphatic heterocycles. The highest BCUT2D eigenvalue weighted by atomic mass is 16.5. The van der Waals surface area contributed by atoms with Crippen molar-refractivity contribution in [3.8, 4) is 0 Å². The lowest BCUT2D eigenvalue weighted by Crippen LogP contribution is -2.24. The molecule has 1 aromatic carbocycles. The van der Waals surface area contributed by atoms with Crippen LogP contribution in [0.25, 0.3) is 10.9 Å². The molecule has 0 saturated carbocycles. The normalized spacial score (nSPS) is 10.9. The molecular formula is C14H18N2O2. The van der Waals surface area contributed by atoms with Crippen molar-refractivity contribution in [2.24, 2.45) is 0 Å². The van der Waals surface area contributed by atoms with Crippen LogP contribution >= 0.6 is 0 Å². The van der Waals surface area contributed by atoms with Gasteiger partial charge in [-0.15, -0.1) is 0 Å². The van der Waals surface area contributed by atoms with Crippen LogP contribution in [0.2, 0.25) is 0 Å². The predicted octanol–water partition coefficient (Wildman–Crippen LogP) is 1.98. The standard InChI is InChI=1S/C14H18N2O2/c1-18-8-4-7-15-10-14(17)12-9-16-13-6-3-2-5-11(12)13/h2-3,5-6,9,15-16H,4,7-8,10H2,1H3. The Morgan fingerprint density at radius 2 is 2.22 bits per heavy atom. The van der Waals surface area contributed by atoms with Gasteiger partial charge in [-0.05, 0) is 19.0 Å². The molecule has 2 rings (SSSR count). The highest BCUT2D eigenvalue weighted by Gasteiger charge is 2.10. The second-order valence-corrected chi connectivity index (χ2v) is 4.19. The average molecular weight is 246 g/mol. The number of fused-ring (bicyclic) bond motifs is 1. The van der Waals surface area contributed by atoms with Crippen molar-refractivity contribution in [3.05, 3.63) is 36.0 Å². The fourth-order valence-electron chi connectivity index (χ4n) is 1.94. The van der Waals surface area contributed by atoms with Gasteiger partial charge in [0.2, 0.25) is 0 Å². The van der Waals surface area contributed by atoms with E-state index in [4.69, 9.17) is 4.74 Å². The third-order valence-corrected chi connectivity index (χ3v) is 2.88. The third-order valence-electron chi connectivity index (χ3n) is 2.88. The summed E-state index contributed by atoms with van der Waals surface area (Å²) in [6.45, 7) is 1.88. The van der Waals surface area contributed by atoms with Gasteiger partial charge in [-0.1, -0.05) is 18.2 Å². The molecule has 1 aromatic heterocycles. The lowest BCUT2D eigenvalue weighted by Gasteiger charge is -2.03. The Morgan fingerprint density at radius 1 is 1.39 bits per heavy atom. The quantitative estimate of drug-likeness (QED) is 0.580. The summed E-state index contributed by atoms with van der Waals surface area (Å²) in [5.41, 5.74) is 1.75. The van der Waals surface area contributed by atoms with Crippen LogP contribution in [-0.2, 0) is 4.74 Å². The summed E-state index contributed by atoms with van der Waals surface area (Å²) >= 11 is 0. The molecule has 0 fully saturated rings. The van der Waals surface area contributed by atoms with E-state index in [2.05, 4.69) is 10.3 Å². The van der Waals surface area contributed by atoms with Gasteiger partial charge in [-0.2, -0.15) is 0 Å². The molecule has 4 heteroatoms. The molecule has 0 aliphatic rings. The minimum absolute atomic E-state index is 0.116. The number of aromatic nitrogens is 1. The van der Waals surface area contributed by atoms with Crippen LogP contribution in [0.3, 0.4) is 0 Å². The number of rotatable bonds is 7. The van der Waals surface area contributed by atoms with Gasteiger partial charge in [0, 0.05) is 36.4 Å². The Labute approximate surface area is 106 Å². The smallest absolute Gasteiger partial charge is 0.178 e. The maximum Gasteiger partial charge on any atom is 0.178 e. The molecule has 0 unspecified atom stereocenters. The first-order valence-corrected chi connectivity index (χ1v) is 6.12. The number of aromatic amines is 1. The maximum absolute atomic E-state index is 12.0. The molecule has 0 saturated heterocycles. The number of methoxy groups -OCH3 is 1. The van der Waals surface area contributed by atoms with E-state index >= 15 is 0 Å². The Hall–Kier alpha value is -1.65. The number of para-hydroxylation sites is 1. The summed E-state index contributed by atoms with van der Waals surface area (Å²) in [7, 11) is 1.68. The Kier molecular flexibility index (Phi) is 4.50. The van der Waals surface area contributed by atoms with E-state index in [-0.39, 0.29) is 5.78 Å². The van der Waals surface area contributed by atoms with Crippen LogP contribution in [0.4, 0.5) is 0 Å². The van der Waals surface area contributed by atoms with Crippen molar-refractivity contribution in [2.45, 2.75) is 6.42 Å². The van der Waals surface area contributed by atoms with E-state index < -0.39 is 0 Å². The van der Waals surface area contributed by atoms with Crippen molar-refractivity contribution < 1.29 is 9.53 Å². The van der Waals surface area contributed by atoms with Crippen molar-refractivity contribution in [3.63, 3.8) is 0 Å². The van der Waals surface area contributed by atoms with E-state index in [9.17, 15) is 4.79 Å². The van der Waals surface area contributed by atoms with Crippen LogP contribution in [0, 0.1) is 0 Å². The molecule has 0 spiro atoms. The number of hydrogen-bond acceptors (Lipinski definition) is 3. The summed E-state index contributed by atoms with van der Waals surface area (Å²) in [4.78, 5) is 15.1. The van der Waals surface area contributed by atoms with Crippen LogP contribution in [-0.4, -0.2) is 37.6 Å². The molecule has 0 atom stereocenters. The molecule has 0 amide bonds. The van der Waals surface area contributed by atoms with Gasteiger partial charge < -0.3 is 15.0 Å². The largest absolute Gasteiger partial charge is 0.385 e. The zero-order chi connectivity index (χ0) is 12.8. The number of hydrogen-bond donors (Lipinski definition) is 2. The summed E-state index contributed by atoms with van der Waals surface area (Å²) in [6.07, 6.45) is 2.70. The molecular weight excluding hydrogens is 228 g/mol. The first-order chi connectivity index (χ1) is 8.83. The number of carbonyl (C=O) groups excluding carboxylic acids is 1. The zero-order valence-electron chi connectivity index (χ0n) is 10.5. The van der Waals surface area contributed by atoms with Crippen molar-refractivity contribution >= 4 is 16.7 Å². The van der Waals surface area contributed by atoms with Gasteiger partial charge in [0.05, 0.1) is 6.54 Å². The van der Waals surface area contributed by atoms with Crippen molar-refractivity contribution in [1.29, 1.82) is 0 Å². The summed E-state index contributed by atoms with van der Waals surface area (Å²) in [5, 5.41) is 4.12. The number of ketones is 1. The number of Topliss-reactive ketones (excluding diaryl/α,β-unsaturated/α-hetero) is 1. The Bertz CT molecular complexity index is 519. The van der Waals surface area contributed by atoms with Gasteiger partial charge in [0.15, 0.2) is 5.78 Å². The second kappa shape index (κ2) is 6.33. The fraction of sp³-hybridized carbons (Fsp3) is 0.357. The Balaban J connectivity index is 1.93. The van der Waals surface area contributed by atoms with E-state index in [1.54, 1.807) is 13.3 Å². The lowest BCUT2D eigenvalue weighted by atomic mass is 10.1. The second-order valence-electron chi connectivity index (χ2n) is 4.19. The van der Waals surface area contributed by atoms with Crippen LogP contribution in [0.15, 0.2) is 30.5 Å². The van der Waals surface area contributed by atoms with Gasteiger partial charge in [-0.3, -0.25) is 4.79 Å². The molecule has 1 heterocycles. The molecule has 96 valence electrons. The Morgan fingerprint density at radius 3 is 3.06 bits per heavy atom. The first kappa shape index (κ1) is 12.8. The highest BCUT2D eigenvalue weighted by molar-refractivity contribution is 6.08. The fourth-order valence-corrected chi connectivity index (χ4v) is 1.94. The van der Waals surface area contributed by atoms with Gasteiger partial charge in [-0.25, -0.2) is 0 Å². The number of carbonyl (C=O) groups is 1. The summed E-state index contributed by atoms with van der Waals surface area (Å²) < 4.78 is 4.95. The minimum Gasteiger partial charge on any atom is -0.385 e. The number of ether oxygens (including phenoxy) is 1. The molecule has 18 heavy (non-hydrogen) atoms. The minimum atomic E-state index is 0.116. The molecule has 2 N–H and O–H groups in total. The third kappa shape index (κ3) is 2.97. The number of benzene rings is 1. The van der Waals surface area contributed by atoms with Gasteiger partial charge in [0.1, 0.15) is 0 Å². The molecule has 0 bridgehead atoms. The van der Waals surface area contributed by atoms with Crippen LogP contribution in [0.1, 0.15) is 16.8 Å². The molecule has 0 radical (unpaired) electrons.